The zero-order chi connectivity index (χ0) is 12.5. The van der Waals surface area contributed by atoms with Gasteiger partial charge in [-0.2, -0.15) is 0 Å². The zero-order valence-electron chi connectivity index (χ0n) is 11.0. The Labute approximate surface area is 108 Å². The summed E-state index contributed by atoms with van der Waals surface area (Å²) in [7, 11) is 0. The fourth-order valence-electron chi connectivity index (χ4n) is 3.50. The number of nitrogens with one attached hydrogen (secondary N) is 1. The molecule has 1 aliphatic heterocycles. The second-order valence-electron chi connectivity index (χ2n) is 5.54. The van der Waals surface area contributed by atoms with Crippen molar-refractivity contribution in [2.75, 3.05) is 18.0 Å². The monoisotopic (exact) mass is 248 g/mol. The number of halogens is 1. The minimum absolute atomic E-state index is 0.133. The Morgan fingerprint density at radius 2 is 2.11 bits per heavy atom. The van der Waals surface area contributed by atoms with Crippen molar-refractivity contribution in [1.29, 1.82) is 0 Å². The van der Waals surface area contributed by atoms with Crippen LogP contribution < -0.4 is 10.2 Å². The molecule has 2 fully saturated rings. The number of hydrogen-bond donors (Lipinski definition) is 1. The molecule has 0 spiro atoms. The fourth-order valence-corrected chi connectivity index (χ4v) is 3.50. The summed E-state index contributed by atoms with van der Waals surface area (Å²) in [5.74, 6) is -0.133. The highest BCUT2D eigenvalue weighted by Gasteiger charge is 2.33. The summed E-state index contributed by atoms with van der Waals surface area (Å²) in [5.41, 5.74) is 2.27. The van der Waals surface area contributed by atoms with Gasteiger partial charge in [-0.15, -0.1) is 0 Å². The quantitative estimate of drug-likeness (QED) is 0.822. The van der Waals surface area contributed by atoms with Gasteiger partial charge in [0, 0.05) is 30.9 Å². The molecule has 1 aromatic rings. The number of nitrogens with zero attached hydrogens (tertiary/aromatic N) is 1. The van der Waals surface area contributed by atoms with Gasteiger partial charge in [-0.05, 0) is 43.5 Å². The lowest BCUT2D eigenvalue weighted by Gasteiger charge is -2.46. The van der Waals surface area contributed by atoms with Gasteiger partial charge in [0.25, 0.3) is 0 Å². The van der Waals surface area contributed by atoms with E-state index in [1.165, 1.54) is 31.4 Å². The van der Waals surface area contributed by atoms with Crippen LogP contribution in [0.15, 0.2) is 18.2 Å². The van der Waals surface area contributed by atoms with Gasteiger partial charge in [0.1, 0.15) is 5.82 Å². The molecule has 1 heterocycles. The summed E-state index contributed by atoms with van der Waals surface area (Å²) < 4.78 is 13.2. The molecule has 0 bridgehead atoms. The van der Waals surface area contributed by atoms with Crippen LogP contribution in [0.4, 0.5) is 10.1 Å². The third-order valence-electron chi connectivity index (χ3n) is 4.36. The van der Waals surface area contributed by atoms with E-state index in [4.69, 9.17) is 0 Å². The predicted octanol–water partition coefficient (Wildman–Crippen LogP) is 2.85. The average molecular weight is 248 g/mol. The number of aryl methyl sites for hydroxylation is 1. The predicted molar refractivity (Wildman–Crippen MR) is 72.5 cm³/mol. The summed E-state index contributed by atoms with van der Waals surface area (Å²) in [6.07, 6.45) is 5.19. The largest absolute Gasteiger partial charge is 0.365 e. The Balaban J connectivity index is 1.89. The van der Waals surface area contributed by atoms with E-state index in [0.717, 1.165) is 18.7 Å². The first kappa shape index (κ1) is 12.0. The molecule has 18 heavy (non-hydrogen) atoms. The zero-order valence-corrected chi connectivity index (χ0v) is 11.0. The molecular formula is C15H21FN2. The van der Waals surface area contributed by atoms with Crippen LogP contribution in [-0.4, -0.2) is 25.2 Å². The van der Waals surface area contributed by atoms with Gasteiger partial charge in [0.2, 0.25) is 0 Å². The number of rotatable bonds is 1. The summed E-state index contributed by atoms with van der Waals surface area (Å²) in [6.45, 7) is 4.09. The van der Waals surface area contributed by atoms with Crippen LogP contribution in [0.1, 0.15) is 31.2 Å². The molecule has 2 nitrogen and oxygen atoms in total. The molecule has 0 aromatic heterocycles. The maximum atomic E-state index is 13.2. The Kier molecular flexibility index (Phi) is 3.25. The van der Waals surface area contributed by atoms with E-state index in [0.29, 0.717) is 12.1 Å². The summed E-state index contributed by atoms with van der Waals surface area (Å²) >= 11 is 0. The topological polar surface area (TPSA) is 15.3 Å². The average Bonchev–Trinajstić information content (AvgIpc) is 2.38. The second kappa shape index (κ2) is 4.88. The molecule has 98 valence electrons. The Bertz CT molecular complexity index is 431. The second-order valence-corrected chi connectivity index (χ2v) is 5.54. The van der Waals surface area contributed by atoms with Gasteiger partial charge in [-0.25, -0.2) is 4.39 Å². The van der Waals surface area contributed by atoms with E-state index in [1.54, 1.807) is 12.1 Å². The number of fused-ring (bicyclic) bond motifs is 1. The molecule has 1 N–H and O–H groups in total. The number of piperazine rings is 1. The molecule has 0 radical (unpaired) electrons. The number of anilines is 1. The molecule has 1 saturated heterocycles. The van der Waals surface area contributed by atoms with Crippen LogP contribution in [0.25, 0.3) is 0 Å². The van der Waals surface area contributed by atoms with E-state index in [9.17, 15) is 4.39 Å². The molecule has 2 atom stereocenters. The summed E-state index contributed by atoms with van der Waals surface area (Å²) in [4.78, 5) is 2.50. The SMILES string of the molecule is Cc1cc(F)ccc1N1CCN[C@@H]2CCCC[C@@H]21. The highest BCUT2D eigenvalue weighted by molar-refractivity contribution is 5.55. The van der Waals surface area contributed by atoms with Crippen molar-refractivity contribution in [2.24, 2.45) is 0 Å². The van der Waals surface area contributed by atoms with E-state index in [1.807, 2.05) is 13.0 Å². The third kappa shape index (κ3) is 2.12. The highest BCUT2D eigenvalue weighted by atomic mass is 19.1. The van der Waals surface area contributed by atoms with Crippen LogP contribution in [-0.2, 0) is 0 Å². The summed E-state index contributed by atoms with van der Waals surface area (Å²) in [6, 6.07) is 6.40. The maximum absolute atomic E-state index is 13.2. The summed E-state index contributed by atoms with van der Waals surface area (Å²) in [5, 5.41) is 3.64. The van der Waals surface area contributed by atoms with Crippen molar-refractivity contribution in [3.05, 3.63) is 29.6 Å². The molecule has 1 aromatic carbocycles. The Morgan fingerprint density at radius 3 is 2.94 bits per heavy atom. The van der Waals surface area contributed by atoms with Crippen LogP contribution in [0, 0.1) is 12.7 Å². The van der Waals surface area contributed by atoms with E-state index in [2.05, 4.69) is 10.2 Å². The molecule has 3 rings (SSSR count). The van der Waals surface area contributed by atoms with Crippen molar-refractivity contribution in [3.8, 4) is 0 Å². The van der Waals surface area contributed by atoms with Crippen LogP contribution >= 0.6 is 0 Å². The first-order valence-electron chi connectivity index (χ1n) is 7.02. The fraction of sp³-hybridized carbons (Fsp3) is 0.600. The van der Waals surface area contributed by atoms with Gasteiger partial charge >= 0.3 is 0 Å². The minimum Gasteiger partial charge on any atom is -0.365 e. The number of benzene rings is 1. The molecule has 0 unspecified atom stereocenters. The smallest absolute Gasteiger partial charge is 0.123 e. The van der Waals surface area contributed by atoms with Crippen molar-refractivity contribution in [1.82, 2.24) is 5.32 Å². The lowest BCUT2D eigenvalue weighted by molar-refractivity contribution is 0.284. The molecule has 2 aliphatic rings. The van der Waals surface area contributed by atoms with Gasteiger partial charge in [-0.3, -0.25) is 0 Å². The molecule has 0 amide bonds. The normalized spacial score (nSPS) is 28.0. The van der Waals surface area contributed by atoms with E-state index < -0.39 is 0 Å². The maximum Gasteiger partial charge on any atom is 0.123 e. The lowest BCUT2D eigenvalue weighted by Crippen LogP contribution is -2.59. The first-order chi connectivity index (χ1) is 8.75. The Hall–Kier alpha value is -1.09. The first-order valence-corrected chi connectivity index (χ1v) is 7.02. The highest BCUT2D eigenvalue weighted by Crippen LogP contribution is 2.31. The van der Waals surface area contributed by atoms with Crippen molar-refractivity contribution < 1.29 is 4.39 Å². The van der Waals surface area contributed by atoms with Crippen molar-refractivity contribution in [3.63, 3.8) is 0 Å². The van der Waals surface area contributed by atoms with Gasteiger partial charge in [-0.1, -0.05) is 12.8 Å². The van der Waals surface area contributed by atoms with Crippen LogP contribution in [0.5, 0.6) is 0 Å². The third-order valence-corrected chi connectivity index (χ3v) is 4.36. The lowest BCUT2D eigenvalue weighted by atomic mass is 9.87. The molecular weight excluding hydrogens is 227 g/mol. The van der Waals surface area contributed by atoms with E-state index in [-0.39, 0.29) is 5.82 Å². The van der Waals surface area contributed by atoms with Crippen molar-refractivity contribution in [2.45, 2.75) is 44.7 Å². The molecule has 3 heteroatoms. The standard InChI is InChI=1S/C15H21FN2/c1-11-10-12(16)6-7-14(11)18-9-8-17-13-4-2-3-5-15(13)18/h6-7,10,13,15,17H,2-5,8-9H2,1H3/t13-,15+/m1/s1. The van der Waals surface area contributed by atoms with Gasteiger partial charge < -0.3 is 10.2 Å². The van der Waals surface area contributed by atoms with Gasteiger partial charge in [0.05, 0.1) is 0 Å². The Morgan fingerprint density at radius 1 is 1.28 bits per heavy atom. The van der Waals surface area contributed by atoms with Gasteiger partial charge in [0.15, 0.2) is 0 Å². The molecule has 1 aliphatic carbocycles. The molecule has 1 saturated carbocycles. The minimum atomic E-state index is -0.133. The van der Waals surface area contributed by atoms with Crippen LogP contribution in [0.3, 0.4) is 0 Å². The van der Waals surface area contributed by atoms with Crippen LogP contribution in [0.2, 0.25) is 0 Å². The number of hydrogen-bond acceptors (Lipinski definition) is 2. The van der Waals surface area contributed by atoms with Crippen molar-refractivity contribution >= 4 is 5.69 Å². The van der Waals surface area contributed by atoms with E-state index >= 15 is 0 Å².